The van der Waals surface area contributed by atoms with Crippen LogP contribution in [0.25, 0.3) is 11.0 Å². The van der Waals surface area contributed by atoms with Crippen LogP contribution >= 0.6 is 0 Å². The van der Waals surface area contributed by atoms with Gasteiger partial charge in [0.15, 0.2) is 0 Å². The van der Waals surface area contributed by atoms with Crippen molar-refractivity contribution in [3.8, 4) is 6.07 Å². The summed E-state index contributed by atoms with van der Waals surface area (Å²) in [5, 5.41) is 17.8. The third kappa shape index (κ3) is 0.736. The fourth-order valence-corrected chi connectivity index (χ4v) is 1.09. The number of nitrogens with zero attached hydrogens (tertiary/aromatic N) is 3. The summed E-state index contributed by atoms with van der Waals surface area (Å²) in [5.74, 6) is 0.0104. The second-order valence-corrected chi connectivity index (χ2v) is 2.35. The molecule has 0 fully saturated rings. The molecule has 4 nitrogen and oxygen atoms in total. The summed E-state index contributed by atoms with van der Waals surface area (Å²) >= 11 is 0. The molecule has 0 saturated heterocycles. The lowest BCUT2D eigenvalue weighted by Gasteiger charge is -1.90. The van der Waals surface area contributed by atoms with Crippen LogP contribution in [0.3, 0.4) is 0 Å². The third-order valence-electron chi connectivity index (χ3n) is 1.64. The van der Waals surface area contributed by atoms with Crippen LogP contribution in [-0.2, 0) is 0 Å². The van der Waals surface area contributed by atoms with Gasteiger partial charge < -0.3 is 5.21 Å². The highest BCUT2D eigenvalue weighted by Gasteiger charge is 2.06. The van der Waals surface area contributed by atoms with Gasteiger partial charge in [-0.25, -0.2) is 4.98 Å². The molecule has 0 radical (unpaired) electrons. The molecule has 58 valence electrons. The average molecular weight is 159 g/mol. The van der Waals surface area contributed by atoms with E-state index in [-0.39, 0.29) is 5.82 Å². The highest BCUT2D eigenvalue weighted by atomic mass is 16.5. The van der Waals surface area contributed by atoms with Crippen molar-refractivity contribution in [1.82, 2.24) is 9.71 Å². The van der Waals surface area contributed by atoms with Gasteiger partial charge in [0.1, 0.15) is 11.6 Å². The van der Waals surface area contributed by atoms with Gasteiger partial charge in [0, 0.05) is 0 Å². The molecule has 1 N–H and O–H groups in total. The molecule has 0 unspecified atom stereocenters. The molecule has 0 aliphatic heterocycles. The van der Waals surface area contributed by atoms with Gasteiger partial charge >= 0.3 is 0 Å². The van der Waals surface area contributed by atoms with Gasteiger partial charge in [-0.15, -0.1) is 0 Å². The molecule has 1 aromatic carbocycles. The normalized spacial score (nSPS) is 9.92. The van der Waals surface area contributed by atoms with Crippen LogP contribution in [0.2, 0.25) is 0 Å². The van der Waals surface area contributed by atoms with E-state index in [0.29, 0.717) is 11.0 Å². The third-order valence-corrected chi connectivity index (χ3v) is 1.64. The Bertz CT molecular complexity index is 467. The molecule has 12 heavy (non-hydrogen) atoms. The molecule has 0 amide bonds. The van der Waals surface area contributed by atoms with Gasteiger partial charge in [0.2, 0.25) is 5.82 Å². The van der Waals surface area contributed by atoms with Crippen molar-refractivity contribution in [3.05, 3.63) is 30.1 Å². The monoisotopic (exact) mass is 159 g/mol. The van der Waals surface area contributed by atoms with Crippen molar-refractivity contribution < 1.29 is 5.21 Å². The number of para-hydroxylation sites is 2. The predicted molar refractivity (Wildman–Crippen MR) is 41.6 cm³/mol. The summed E-state index contributed by atoms with van der Waals surface area (Å²) < 4.78 is 0.787. The van der Waals surface area contributed by atoms with Crippen molar-refractivity contribution in [2.24, 2.45) is 0 Å². The zero-order valence-electron chi connectivity index (χ0n) is 6.10. The van der Waals surface area contributed by atoms with Crippen LogP contribution < -0.4 is 0 Å². The summed E-state index contributed by atoms with van der Waals surface area (Å²) in [5.41, 5.74) is 1.17. The minimum absolute atomic E-state index is 0.0104. The fraction of sp³-hybridized carbons (Fsp3) is 0. The maximum atomic E-state index is 9.32. The second-order valence-electron chi connectivity index (χ2n) is 2.35. The van der Waals surface area contributed by atoms with Crippen LogP contribution in [0, 0.1) is 11.3 Å². The first-order valence-corrected chi connectivity index (χ1v) is 3.40. The van der Waals surface area contributed by atoms with E-state index in [1.54, 1.807) is 30.3 Å². The first kappa shape index (κ1) is 6.68. The van der Waals surface area contributed by atoms with Crippen molar-refractivity contribution in [2.45, 2.75) is 0 Å². The van der Waals surface area contributed by atoms with Crippen LogP contribution in [0.5, 0.6) is 0 Å². The van der Waals surface area contributed by atoms with E-state index < -0.39 is 0 Å². The Hall–Kier alpha value is -2.02. The van der Waals surface area contributed by atoms with Crippen LogP contribution in [0.4, 0.5) is 0 Å². The van der Waals surface area contributed by atoms with E-state index in [1.807, 2.05) is 0 Å². The van der Waals surface area contributed by atoms with Crippen LogP contribution in [0.15, 0.2) is 24.3 Å². The minimum Gasteiger partial charge on any atom is -0.426 e. The van der Waals surface area contributed by atoms with E-state index in [2.05, 4.69) is 4.98 Å². The first-order chi connectivity index (χ1) is 5.83. The van der Waals surface area contributed by atoms with Crippen molar-refractivity contribution in [2.75, 3.05) is 0 Å². The molecule has 0 aliphatic carbocycles. The standard InChI is InChI=1S/C8H5N3O/c9-5-8-10-6-3-1-2-4-7(6)11(8)12/h1-4,12H. The molecular weight excluding hydrogens is 154 g/mol. The number of aromatic nitrogens is 2. The highest BCUT2D eigenvalue weighted by molar-refractivity contribution is 5.75. The van der Waals surface area contributed by atoms with E-state index in [4.69, 9.17) is 5.26 Å². The van der Waals surface area contributed by atoms with Gasteiger partial charge in [-0.2, -0.15) is 9.99 Å². The summed E-state index contributed by atoms with van der Waals surface area (Å²) in [6, 6.07) is 8.80. The zero-order valence-corrected chi connectivity index (χ0v) is 6.10. The van der Waals surface area contributed by atoms with Gasteiger partial charge in [0.25, 0.3) is 0 Å². The van der Waals surface area contributed by atoms with Gasteiger partial charge in [-0.05, 0) is 12.1 Å². The maximum Gasteiger partial charge on any atom is 0.247 e. The summed E-state index contributed by atoms with van der Waals surface area (Å²) in [7, 11) is 0. The number of imidazole rings is 1. The lowest BCUT2D eigenvalue weighted by atomic mass is 10.3. The van der Waals surface area contributed by atoms with Crippen molar-refractivity contribution >= 4 is 11.0 Å². The average Bonchev–Trinajstić information content (AvgIpc) is 2.44. The lowest BCUT2D eigenvalue weighted by Crippen LogP contribution is -1.92. The van der Waals surface area contributed by atoms with E-state index in [1.165, 1.54) is 0 Å². The van der Waals surface area contributed by atoms with Gasteiger partial charge in [-0.3, -0.25) is 0 Å². The van der Waals surface area contributed by atoms with Crippen molar-refractivity contribution in [3.63, 3.8) is 0 Å². The number of hydrogen-bond acceptors (Lipinski definition) is 3. The summed E-state index contributed by atoms with van der Waals surface area (Å²) in [4.78, 5) is 3.88. The van der Waals surface area contributed by atoms with E-state index >= 15 is 0 Å². The zero-order chi connectivity index (χ0) is 8.55. The molecule has 0 aliphatic rings. The Kier molecular flexibility index (Phi) is 1.25. The van der Waals surface area contributed by atoms with Crippen LogP contribution in [-0.4, -0.2) is 14.9 Å². The number of nitriles is 1. The molecule has 2 rings (SSSR count). The number of hydrogen-bond donors (Lipinski definition) is 1. The maximum absolute atomic E-state index is 9.32. The Balaban J connectivity index is 2.90. The van der Waals surface area contributed by atoms with Crippen molar-refractivity contribution in [1.29, 1.82) is 5.26 Å². The van der Waals surface area contributed by atoms with Gasteiger partial charge in [0.05, 0.1) is 5.52 Å². The summed E-state index contributed by atoms with van der Waals surface area (Å²) in [6.45, 7) is 0. The molecule has 4 heteroatoms. The second kappa shape index (κ2) is 2.24. The molecule has 1 heterocycles. The predicted octanol–water partition coefficient (Wildman–Crippen LogP) is 1.15. The minimum atomic E-state index is 0.0104. The number of rotatable bonds is 0. The molecule has 1 aromatic heterocycles. The van der Waals surface area contributed by atoms with Crippen LogP contribution in [0.1, 0.15) is 5.82 Å². The molecule has 0 atom stereocenters. The fourth-order valence-electron chi connectivity index (χ4n) is 1.09. The number of benzene rings is 1. The smallest absolute Gasteiger partial charge is 0.247 e. The topological polar surface area (TPSA) is 61.8 Å². The largest absolute Gasteiger partial charge is 0.426 e. The SMILES string of the molecule is N#Cc1nc2ccccc2n1O. The first-order valence-electron chi connectivity index (χ1n) is 3.40. The Morgan fingerprint density at radius 1 is 1.42 bits per heavy atom. The summed E-state index contributed by atoms with van der Waals surface area (Å²) in [6.07, 6.45) is 0. The lowest BCUT2D eigenvalue weighted by molar-refractivity contribution is 0.195. The van der Waals surface area contributed by atoms with Gasteiger partial charge in [-0.1, -0.05) is 12.1 Å². The molecule has 0 saturated carbocycles. The Labute approximate surface area is 68.3 Å². The van der Waals surface area contributed by atoms with E-state index in [0.717, 1.165) is 4.73 Å². The Morgan fingerprint density at radius 3 is 2.83 bits per heavy atom. The highest BCUT2D eigenvalue weighted by Crippen LogP contribution is 2.12. The molecular formula is C8H5N3O. The van der Waals surface area contributed by atoms with E-state index in [9.17, 15) is 5.21 Å². The quantitative estimate of drug-likeness (QED) is 0.586. The Morgan fingerprint density at radius 2 is 2.17 bits per heavy atom. The molecule has 2 aromatic rings. The molecule has 0 bridgehead atoms. The molecule has 0 spiro atoms. The number of fused-ring (bicyclic) bond motifs is 1.